The zero-order valence-electron chi connectivity index (χ0n) is 26.0. The van der Waals surface area contributed by atoms with Gasteiger partial charge in [0.15, 0.2) is 5.75 Å². The zero-order chi connectivity index (χ0) is 32.6. The van der Waals surface area contributed by atoms with E-state index in [1.807, 2.05) is 60.9 Å². The number of methoxy groups -OCH3 is 1. The molecule has 12 heteroatoms. The van der Waals surface area contributed by atoms with E-state index in [4.69, 9.17) is 25.8 Å². The largest absolute Gasteiger partial charge is 0.488 e. The minimum absolute atomic E-state index is 0.0118. The lowest BCUT2D eigenvalue weighted by Crippen LogP contribution is -2.58. The number of piperidine rings is 1. The third-order valence-corrected chi connectivity index (χ3v) is 7.93. The van der Waals surface area contributed by atoms with Gasteiger partial charge in [-0.05, 0) is 68.9 Å². The van der Waals surface area contributed by atoms with Crippen molar-refractivity contribution >= 4 is 23.6 Å². The van der Waals surface area contributed by atoms with Gasteiger partial charge in [-0.25, -0.2) is 14.8 Å². The van der Waals surface area contributed by atoms with Crippen molar-refractivity contribution < 1.29 is 32.2 Å². The van der Waals surface area contributed by atoms with Gasteiger partial charge in [0, 0.05) is 36.8 Å². The van der Waals surface area contributed by atoms with E-state index in [-0.39, 0.29) is 41.9 Å². The monoisotopic (exact) mass is 648 g/mol. The molecule has 1 amide bonds. The van der Waals surface area contributed by atoms with Crippen LogP contribution in [0.4, 0.5) is 23.9 Å². The molecule has 1 aliphatic rings. The van der Waals surface area contributed by atoms with Crippen LogP contribution in [0.2, 0.25) is 5.02 Å². The zero-order valence-corrected chi connectivity index (χ0v) is 26.7. The Morgan fingerprint density at radius 1 is 1.04 bits per heavy atom. The average molecular weight is 649 g/mol. The molecule has 2 aromatic carbocycles. The SMILES string of the molecule is CC[C@@H]1C[C@H](N(Cc2cc(Cl)cc(C(F)(F)F)c2)c2ncc(OCCOC)cn2)C[C@H](Cc2ccccc2)N1C(=O)OC(C)C. The molecular formula is C33H40ClF3N4O4. The van der Waals surface area contributed by atoms with Crippen LogP contribution < -0.4 is 9.64 Å². The number of nitrogens with zero attached hydrogens (tertiary/aromatic N) is 4. The number of rotatable bonds is 12. The van der Waals surface area contributed by atoms with Crippen LogP contribution in [0.5, 0.6) is 5.75 Å². The maximum Gasteiger partial charge on any atom is 0.416 e. The van der Waals surface area contributed by atoms with E-state index in [9.17, 15) is 18.0 Å². The number of hydrogen-bond acceptors (Lipinski definition) is 7. The minimum Gasteiger partial charge on any atom is -0.488 e. The van der Waals surface area contributed by atoms with Gasteiger partial charge in [0.2, 0.25) is 5.95 Å². The maximum atomic E-state index is 13.7. The molecule has 1 saturated heterocycles. The summed E-state index contributed by atoms with van der Waals surface area (Å²) in [6.45, 7) is 6.43. The second-order valence-electron chi connectivity index (χ2n) is 11.4. The molecule has 0 N–H and O–H groups in total. The Labute approximate surface area is 267 Å². The Bertz CT molecular complexity index is 1380. The van der Waals surface area contributed by atoms with Crippen molar-refractivity contribution in [2.75, 3.05) is 25.2 Å². The van der Waals surface area contributed by atoms with Crippen molar-refractivity contribution in [3.8, 4) is 5.75 Å². The summed E-state index contributed by atoms with van der Waals surface area (Å²) in [6, 6.07) is 12.8. The molecule has 0 bridgehead atoms. The van der Waals surface area contributed by atoms with Crippen LogP contribution in [0, 0.1) is 0 Å². The molecule has 0 saturated carbocycles. The Hall–Kier alpha value is -3.57. The number of likely N-dealkylation sites (tertiary alicyclic amines) is 1. The van der Waals surface area contributed by atoms with Gasteiger partial charge in [-0.1, -0.05) is 48.9 Å². The molecule has 1 aromatic heterocycles. The van der Waals surface area contributed by atoms with Crippen LogP contribution >= 0.6 is 11.6 Å². The number of benzene rings is 2. The normalized spacial score (nSPS) is 18.6. The summed E-state index contributed by atoms with van der Waals surface area (Å²) >= 11 is 6.17. The number of anilines is 1. The predicted molar refractivity (Wildman–Crippen MR) is 167 cm³/mol. The van der Waals surface area contributed by atoms with Gasteiger partial charge in [0.25, 0.3) is 0 Å². The molecule has 1 aliphatic heterocycles. The molecule has 0 aliphatic carbocycles. The summed E-state index contributed by atoms with van der Waals surface area (Å²) in [7, 11) is 1.57. The van der Waals surface area contributed by atoms with Gasteiger partial charge >= 0.3 is 12.3 Å². The second-order valence-corrected chi connectivity index (χ2v) is 11.8. The number of ether oxygens (including phenoxy) is 3. The average Bonchev–Trinajstić information content (AvgIpc) is 2.99. The molecule has 8 nitrogen and oxygen atoms in total. The summed E-state index contributed by atoms with van der Waals surface area (Å²) in [5.74, 6) is 0.775. The first-order chi connectivity index (χ1) is 21.5. The van der Waals surface area contributed by atoms with Crippen LogP contribution in [0.15, 0.2) is 60.9 Å². The third kappa shape index (κ3) is 9.46. The first-order valence-corrected chi connectivity index (χ1v) is 15.5. The standard InChI is InChI=1S/C33H40ClF3N4O4/c1-5-27-17-28(18-29(15-23-9-7-6-8-10-23)41(27)32(42)45-22(2)3)40(31-38-19-30(20-39-31)44-12-11-43-4)21-24-13-25(33(35,36)37)16-26(34)14-24/h6-10,13-14,16,19-20,22,27-29H,5,11-12,15,17-18,21H2,1-4H3/t27-,28+,29+/m1/s1. The first-order valence-electron chi connectivity index (χ1n) is 15.1. The van der Waals surface area contributed by atoms with Crippen molar-refractivity contribution in [2.24, 2.45) is 0 Å². The Morgan fingerprint density at radius 2 is 1.73 bits per heavy atom. The number of amides is 1. The van der Waals surface area contributed by atoms with Crippen LogP contribution in [0.25, 0.3) is 0 Å². The molecule has 0 unspecified atom stereocenters. The maximum absolute atomic E-state index is 13.7. The Kier molecular flexibility index (Phi) is 11.9. The summed E-state index contributed by atoms with van der Waals surface area (Å²) in [5.41, 5.74) is 0.603. The van der Waals surface area contributed by atoms with Crippen LogP contribution in [-0.2, 0) is 28.6 Å². The van der Waals surface area contributed by atoms with Gasteiger partial charge in [0.05, 0.1) is 30.7 Å². The molecular weight excluding hydrogens is 609 g/mol. The smallest absolute Gasteiger partial charge is 0.416 e. The van der Waals surface area contributed by atoms with Crippen LogP contribution in [-0.4, -0.2) is 65.5 Å². The van der Waals surface area contributed by atoms with E-state index in [2.05, 4.69) is 9.97 Å². The fraction of sp³-hybridized carbons (Fsp3) is 0.485. The number of hydrogen-bond donors (Lipinski definition) is 0. The lowest BCUT2D eigenvalue weighted by Gasteiger charge is -2.47. The van der Waals surface area contributed by atoms with Gasteiger partial charge < -0.3 is 24.0 Å². The van der Waals surface area contributed by atoms with E-state index >= 15 is 0 Å². The highest BCUT2D eigenvalue weighted by Gasteiger charge is 2.41. The molecule has 244 valence electrons. The second kappa shape index (κ2) is 15.6. The molecule has 3 aromatic rings. The van der Waals surface area contributed by atoms with E-state index < -0.39 is 11.7 Å². The quantitative estimate of drug-likeness (QED) is 0.187. The highest BCUT2D eigenvalue weighted by atomic mass is 35.5. The summed E-state index contributed by atoms with van der Waals surface area (Å²) < 4.78 is 57.5. The van der Waals surface area contributed by atoms with E-state index in [0.29, 0.717) is 56.2 Å². The van der Waals surface area contributed by atoms with Gasteiger partial charge in [-0.3, -0.25) is 0 Å². The molecule has 1 fully saturated rings. The van der Waals surface area contributed by atoms with Crippen molar-refractivity contribution in [3.63, 3.8) is 0 Å². The van der Waals surface area contributed by atoms with Crippen molar-refractivity contribution in [3.05, 3.63) is 82.6 Å². The molecule has 45 heavy (non-hydrogen) atoms. The lowest BCUT2D eigenvalue weighted by molar-refractivity contribution is -0.137. The molecule has 0 spiro atoms. The number of halogens is 4. The number of aromatic nitrogens is 2. The van der Waals surface area contributed by atoms with E-state index in [1.54, 1.807) is 7.11 Å². The van der Waals surface area contributed by atoms with Crippen molar-refractivity contribution in [2.45, 2.75) is 83.4 Å². The predicted octanol–water partition coefficient (Wildman–Crippen LogP) is 7.58. The fourth-order valence-corrected chi connectivity index (χ4v) is 5.99. The third-order valence-electron chi connectivity index (χ3n) is 7.71. The number of carbonyl (C=O) groups excluding carboxylic acids is 1. The topological polar surface area (TPSA) is 77.0 Å². The highest BCUT2D eigenvalue weighted by molar-refractivity contribution is 6.30. The highest BCUT2D eigenvalue weighted by Crippen LogP contribution is 2.36. The van der Waals surface area contributed by atoms with Gasteiger partial charge in [-0.15, -0.1) is 0 Å². The van der Waals surface area contributed by atoms with Crippen LogP contribution in [0.3, 0.4) is 0 Å². The van der Waals surface area contributed by atoms with Gasteiger partial charge in [-0.2, -0.15) is 13.2 Å². The fourth-order valence-electron chi connectivity index (χ4n) is 5.74. The summed E-state index contributed by atoms with van der Waals surface area (Å²) in [6.07, 6.45) is 0.154. The number of carbonyl (C=O) groups is 1. The van der Waals surface area contributed by atoms with Gasteiger partial charge in [0.1, 0.15) is 6.61 Å². The van der Waals surface area contributed by atoms with E-state index in [0.717, 1.165) is 17.7 Å². The summed E-state index contributed by atoms with van der Waals surface area (Å²) in [5, 5.41) is -0.0118. The molecule has 3 atom stereocenters. The Balaban J connectivity index is 1.73. The van der Waals surface area contributed by atoms with Crippen molar-refractivity contribution in [1.29, 1.82) is 0 Å². The Morgan fingerprint density at radius 3 is 2.36 bits per heavy atom. The van der Waals surface area contributed by atoms with Crippen LogP contribution in [0.1, 0.15) is 56.7 Å². The summed E-state index contributed by atoms with van der Waals surface area (Å²) in [4.78, 5) is 26.3. The van der Waals surface area contributed by atoms with E-state index in [1.165, 1.54) is 18.5 Å². The van der Waals surface area contributed by atoms with Crippen molar-refractivity contribution in [1.82, 2.24) is 14.9 Å². The first kappa shape index (κ1) is 34.3. The molecule has 0 radical (unpaired) electrons. The number of alkyl halides is 3. The molecule has 2 heterocycles. The lowest BCUT2D eigenvalue weighted by atomic mass is 9.86. The molecule has 4 rings (SSSR count). The minimum atomic E-state index is -4.56.